The number of aromatic nitrogens is 1. The van der Waals surface area contributed by atoms with Gasteiger partial charge >= 0.3 is 0 Å². The summed E-state index contributed by atoms with van der Waals surface area (Å²) < 4.78 is 2.67. The van der Waals surface area contributed by atoms with Crippen molar-refractivity contribution in [3.8, 4) is 0 Å². The first-order valence-corrected chi connectivity index (χ1v) is 10.1. The molecular formula is C23H34N+. The molecule has 0 radical (unpaired) electrons. The largest absolute Gasteiger partial charge is 0.198 e. The quantitative estimate of drug-likeness (QED) is 0.549. The van der Waals surface area contributed by atoms with Gasteiger partial charge in [-0.3, -0.25) is 0 Å². The smallest absolute Gasteiger partial charge is 0.189 e. The lowest BCUT2D eigenvalue weighted by atomic mass is 9.59. The van der Waals surface area contributed by atoms with Crippen LogP contribution in [0.3, 0.4) is 0 Å². The molecule has 130 valence electrons. The third-order valence-electron chi connectivity index (χ3n) is 6.28. The number of nitrogens with zero attached hydrogens (tertiary/aromatic N) is 1. The average molecular weight is 325 g/mol. The van der Waals surface area contributed by atoms with E-state index in [4.69, 9.17) is 0 Å². The Hall–Kier alpha value is -1.37. The van der Waals surface area contributed by atoms with Gasteiger partial charge < -0.3 is 0 Å². The van der Waals surface area contributed by atoms with Crippen LogP contribution in [-0.4, -0.2) is 0 Å². The maximum atomic E-state index is 2.67. The first-order chi connectivity index (χ1) is 11.7. The molecule has 0 saturated heterocycles. The van der Waals surface area contributed by atoms with Crippen molar-refractivity contribution in [1.82, 2.24) is 0 Å². The van der Waals surface area contributed by atoms with Gasteiger partial charge in [0.25, 0.3) is 0 Å². The summed E-state index contributed by atoms with van der Waals surface area (Å²) in [5.41, 5.74) is 5.00. The van der Waals surface area contributed by atoms with Crippen molar-refractivity contribution in [3.63, 3.8) is 0 Å². The normalized spacial score (nSPS) is 28.2. The van der Waals surface area contributed by atoms with Gasteiger partial charge in [-0.05, 0) is 37.8 Å². The van der Waals surface area contributed by atoms with Crippen LogP contribution in [0.5, 0.6) is 0 Å². The van der Waals surface area contributed by atoms with E-state index in [0.29, 0.717) is 17.4 Å². The predicted molar refractivity (Wildman–Crippen MR) is 102 cm³/mol. The standard InChI is InChI=1S/C23H34N/c1-5-8-16-23(15-6-2)20-12-10-9-11-19(20)21-14-13-18(4)17-24(21)22(23)7-3/h9-10,12-14,17,19,22H,5-8,11,15-16H2,1-4H3/q+1. The zero-order valence-electron chi connectivity index (χ0n) is 16.0. The highest BCUT2D eigenvalue weighted by Gasteiger charge is 2.53. The maximum absolute atomic E-state index is 2.67. The van der Waals surface area contributed by atoms with E-state index in [2.05, 4.69) is 68.8 Å². The first-order valence-electron chi connectivity index (χ1n) is 10.1. The molecule has 24 heavy (non-hydrogen) atoms. The Balaban J connectivity index is 2.21. The molecule has 0 fully saturated rings. The summed E-state index contributed by atoms with van der Waals surface area (Å²) in [5.74, 6) is 0.585. The minimum absolute atomic E-state index is 0.348. The van der Waals surface area contributed by atoms with E-state index in [1.807, 2.05) is 0 Å². The Morgan fingerprint density at radius 3 is 2.67 bits per heavy atom. The predicted octanol–water partition coefficient (Wildman–Crippen LogP) is 6.19. The number of allylic oxidation sites excluding steroid dienone is 4. The second-order valence-corrected chi connectivity index (χ2v) is 7.81. The summed E-state index contributed by atoms with van der Waals surface area (Å²) in [5, 5.41) is 0. The van der Waals surface area contributed by atoms with Crippen LogP contribution in [-0.2, 0) is 0 Å². The number of hydrogen-bond donors (Lipinski definition) is 0. The van der Waals surface area contributed by atoms with Gasteiger partial charge in [0.1, 0.15) is 0 Å². The van der Waals surface area contributed by atoms with Crippen molar-refractivity contribution in [2.24, 2.45) is 5.41 Å². The molecule has 3 rings (SSSR count). The molecule has 3 atom stereocenters. The van der Waals surface area contributed by atoms with Crippen LogP contribution in [0.2, 0.25) is 0 Å². The van der Waals surface area contributed by atoms with E-state index < -0.39 is 0 Å². The van der Waals surface area contributed by atoms with E-state index in [1.54, 1.807) is 5.57 Å². The summed E-state index contributed by atoms with van der Waals surface area (Å²) in [6.07, 6.45) is 18.5. The Labute approximate surface area is 148 Å². The molecule has 3 unspecified atom stereocenters. The number of rotatable bonds is 6. The van der Waals surface area contributed by atoms with E-state index in [0.717, 1.165) is 0 Å². The third kappa shape index (κ3) is 2.76. The van der Waals surface area contributed by atoms with Crippen molar-refractivity contribution < 1.29 is 4.57 Å². The average Bonchev–Trinajstić information content (AvgIpc) is 2.60. The molecule has 1 aromatic rings. The molecule has 1 heteroatoms. The highest BCUT2D eigenvalue weighted by molar-refractivity contribution is 5.37. The molecule has 2 heterocycles. The number of pyridine rings is 1. The van der Waals surface area contributed by atoms with Crippen molar-refractivity contribution in [2.45, 2.75) is 84.6 Å². The summed E-state index contributed by atoms with van der Waals surface area (Å²) in [6, 6.07) is 5.30. The fourth-order valence-electron chi connectivity index (χ4n) is 5.36. The first kappa shape index (κ1) is 17.5. The summed E-state index contributed by atoms with van der Waals surface area (Å²) in [6.45, 7) is 9.33. The van der Waals surface area contributed by atoms with E-state index in [-0.39, 0.29) is 0 Å². The highest BCUT2D eigenvalue weighted by atomic mass is 15.0. The van der Waals surface area contributed by atoms with Crippen LogP contribution in [0.25, 0.3) is 0 Å². The van der Waals surface area contributed by atoms with Gasteiger partial charge in [0.2, 0.25) is 0 Å². The summed E-state index contributed by atoms with van der Waals surface area (Å²) >= 11 is 0. The van der Waals surface area contributed by atoms with Crippen molar-refractivity contribution in [2.75, 3.05) is 0 Å². The van der Waals surface area contributed by atoms with Gasteiger partial charge in [0, 0.05) is 18.1 Å². The van der Waals surface area contributed by atoms with Gasteiger partial charge in [-0.1, -0.05) is 58.3 Å². The lowest BCUT2D eigenvalue weighted by molar-refractivity contribution is -0.749. The third-order valence-corrected chi connectivity index (χ3v) is 6.28. The van der Waals surface area contributed by atoms with Crippen LogP contribution in [0.15, 0.2) is 42.1 Å². The molecule has 2 aliphatic rings. The Morgan fingerprint density at radius 1 is 1.12 bits per heavy atom. The minimum atomic E-state index is 0.348. The maximum Gasteiger partial charge on any atom is 0.189 e. The zero-order chi connectivity index (χ0) is 17.2. The Morgan fingerprint density at radius 2 is 1.96 bits per heavy atom. The summed E-state index contributed by atoms with van der Waals surface area (Å²) in [4.78, 5) is 0. The molecule has 0 saturated carbocycles. The number of aryl methyl sites for hydroxylation is 1. The van der Waals surface area contributed by atoms with Crippen molar-refractivity contribution >= 4 is 0 Å². The molecule has 0 spiro atoms. The second kappa shape index (κ2) is 7.25. The van der Waals surface area contributed by atoms with Crippen LogP contribution in [0.1, 0.15) is 88.9 Å². The lowest BCUT2D eigenvalue weighted by Gasteiger charge is -2.46. The van der Waals surface area contributed by atoms with Crippen molar-refractivity contribution in [3.05, 3.63) is 53.4 Å². The summed E-state index contributed by atoms with van der Waals surface area (Å²) in [7, 11) is 0. The fourth-order valence-corrected chi connectivity index (χ4v) is 5.36. The number of unbranched alkanes of at least 4 members (excludes halogenated alkanes) is 1. The van der Waals surface area contributed by atoms with E-state index in [1.165, 1.54) is 56.2 Å². The van der Waals surface area contributed by atoms with E-state index >= 15 is 0 Å². The monoisotopic (exact) mass is 324 g/mol. The van der Waals surface area contributed by atoms with Crippen LogP contribution in [0.4, 0.5) is 0 Å². The van der Waals surface area contributed by atoms with Gasteiger partial charge in [-0.2, -0.15) is 4.57 Å². The molecule has 1 aromatic heterocycles. The fraction of sp³-hybridized carbons (Fsp3) is 0.609. The molecule has 0 amide bonds. The molecule has 1 nitrogen and oxygen atoms in total. The molecule has 0 aromatic carbocycles. The van der Waals surface area contributed by atoms with Crippen LogP contribution < -0.4 is 4.57 Å². The number of fused-ring (bicyclic) bond motifs is 3. The Bertz CT molecular complexity index is 639. The van der Waals surface area contributed by atoms with Gasteiger partial charge in [-0.25, -0.2) is 0 Å². The zero-order valence-corrected chi connectivity index (χ0v) is 16.0. The molecule has 0 N–H and O–H groups in total. The molecular weight excluding hydrogens is 290 g/mol. The SMILES string of the molecule is CCCCC1(CCC)C2=CC=CCC2c2ccc(C)c[n+]2C1CC. The Kier molecular flexibility index (Phi) is 5.27. The van der Waals surface area contributed by atoms with E-state index in [9.17, 15) is 0 Å². The number of hydrogen-bond acceptors (Lipinski definition) is 0. The van der Waals surface area contributed by atoms with Crippen LogP contribution >= 0.6 is 0 Å². The molecule has 0 bridgehead atoms. The van der Waals surface area contributed by atoms with Gasteiger partial charge in [0.05, 0.1) is 11.3 Å². The lowest BCUT2D eigenvalue weighted by Crippen LogP contribution is -2.57. The minimum Gasteiger partial charge on any atom is -0.198 e. The molecule has 1 aliphatic heterocycles. The topological polar surface area (TPSA) is 3.88 Å². The van der Waals surface area contributed by atoms with Gasteiger partial charge in [-0.15, -0.1) is 0 Å². The van der Waals surface area contributed by atoms with Crippen molar-refractivity contribution in [1.29, 1.82) is 0 Å². The van der Waals surface area contributed by atoms with Gasteiger partial charge in [0.15, 0.2) is 17.9 Å². The van der Waals surface area contributed by atoms with Crippen LogP contribution in [0, 0.1) is 12.3 Å². The second-order valence-electron chi connectivity index (χ2n) is 7.81. The highest BCUT2D eigenvalue weighted by Crippen LogP contribution is 2.55. The molecule has 1 aliphatic carbocycles.